The maximum absolute atomic E-state index is 5.96. The van der Waals surface area contributed by atoms with Crippen LogP contribution in [0.4, 0.5) is 0 Å². The molecule has 3 atom stereocenters. The van der Waals surface area contributed by atoms with E-state index in [9.17, 15) is 0 Å². The first kappa shape index (κ1) is 21.5. The number of aryl methyl sites for hydroxylation is 1. The first-order valence-electron chi connectivity index (χ1n) is 12.2. The lowest BCUT2D eigenvalue weighted by molar-refractivity contribution is -0.0721. The lowest BCUT2D eigenvalue weighted by atomic mass is 9.81. The van der Waals surface area contributed by atoms with E-state index in [4.69, 9.17) is 18.9 Å². The molecule has 5 rings (SSSR count). The summed E-state index contributed by atoms with van der Waals surface area (Å²) in [5.74, 6) is 2.48. The van der Waals surface area contributed by atoms with Crippen LogP contribution in [0.5, 0.6) is 11.5 Å². The van der Waals surface area contributed by atoms with Crippen LogP contribution in [-0.2, 0) is 15.9 Å². The minimum absolute atomic E-state index is 0.273. The van der Waals surface area contributed by atoms with Crippen molar-refractivity contribution in [3.8, 4) is 11.5 Å². The SMILES string of the molecule is CCc1cc(OCC2CCO2)ccc1C1=CCC(c2ccc(OCC3CCO3)cc2)CC1. The Kier molecular flexibility index (Phi) is 6.80. The van der Waals surface area contributed by atoms with Crippen LogP contribution in [0.2, 0.25) is 0 Å². The van der Waals surface area contributed by atoms with Crippen LogP contribution in [0.1, 0.15) is 61.6 Å². The Hall–Kier alpha value is -2.30. The maximum atomic E-state index is 5.96. The van der Waals surface area contributed by atoms with Crippen molar-refractivity contribution in [2.75, 3.05) is 26.4 Å². The minimum Gasteiger partial charge on any atom is -0.491 e. The fourth-order valence-electron chi connectivity index (χ4n) is 4.69. The fraction of sp³-hybridized carbons (Fsp3) is 0.500. The first-order chi connectivity index (χ1) is 15.8. The van der Waals surface area contributed by atoms with Gasteiger partial charge in [0.15, 0.2) is 0 Å². The molecule has 4 nitrogen and oxygen atoms in total. The van der Waals surface area contributed by atoms with E-state index in [1.165, 1.54) is 28.7 Å². The van der Waals surface area contributed by atoms with Gasteiger partial charge in [-0.25, -0.2) is 0 Å². The molecule has 0 N–H and O–H groups in total. The van der Waals surface area contributed by atoms with Gasteiger partial charge in [0.2, 0.25) is 0 Å². The molecule has 3 unspecified atom stereocenters. The summed E-state index contributed by atoms with van der Waals surface area (Å²) in [5, 5.41) is 0. The zero-order valence-corrected chi connectivity index (χ0v) is 19.1. The Morgan fingerprint density at radius 2 is 1.50 bits per heavy atom. The lowest BCUT2D eigenvalue weighted by Gasteiger charge is -2.27. The molecule has 2 aromatic carbocycles. The summed E-state index contributed by atoms with van der Waals surface area (Å²) in [6, 6.07) is 15.3. The summed E-state index contributed by atoms with van der Waals surface area (Å²) < 4.78 is 22.7. The van der Waals surface area contributed by atoms with E-state index in [2.05, 4.69) is 55.5 Å². The highest BCUT2D eigenvalue weighted by molar-refractivity contribution is 5.70. The van der Waals surface area contributed by atoms with Crippen LogP contribution < -0.4 is 9.47 Å². The zero-order chi connectivity index (χ0) is 21.8. The molecule has 1 aliphatic carbocycles. The third-order valence-electron chi connectivity index (χ3n) is 7.02. The van der Waals surface area contributed by atoms with Gasteiger partial charge in [0.25, 0.3) is 0 Å². The molecule has 2 aromatic rings. The molecule has 2 fully saturated rings. The largest absolute Gasteiger partial charge is 0.491 e. The Morgan fingerprint density at radius 3 is 2.06 bits per heavy atom. The summed E-state index contributed by atoms with van der Waals surface area (Å²) in [6.45, 7) is 5.29. The van der Waals surface area contributed by atoms with E-state index in [1.54, 1.807) is 0 Å². The second-order valence-electron chi connectivity index (χ2n) is 9.13. The van der Waals surface area contributed by atoms with Gasteiger partial charge >= 0.3 is 0 Å². The van der Waals surface area contributed by atoms with E-state index in [-0.39, 0.29) is 12.2 Å². The third kappa shape index (κ3) is 5.02. The Morgan fingerprint density at radius 1 is 0.844 bits per heavy atom. The first-order valence-corrected chi connectivity index (χ1v) is 12.2. The van der Waals surface area contributed by atoms with Gasteiger partial charge < -0.3 is 18.9 Å². The summed E-state index contributed by atoms with van der Waals surface area (Å²) in [4.78, 5) is 0. The van der Waals surface area contributed by atoms with Crippen LogP contribution in [-0.4, -0.2) is 38.6 Å². The van der Waals surface area contributed by atoms with Crippen molar-refractivity contribution in [3.63, 3.8) is 0 Å². The average Bonchev–Trinajstić information content (AvgIpc) is 2.77. The second-order valence-corrected chi connectivity index (χ2v) is 9.13. The summed E-state index contributed by atoms with van der Waals surface area (Å²) >= 11 is 0. The predicted molar refractivity (Wildman–Crippen MR) is 127 cm³/mol. The molecular weight excluding hydrogens is 400 g/mol. The molecule has 32 heavy (non-hydrogen) atoms. The smallest absolute Gasteiger partial charge is 0.119 e. The summed E-state index contributed by atoms with van der Waals surface area (Å²) in [7, 11) is 0. The van der Waals surface area contributed by atoms with Crippen molar-refractivity contribution in [2.45, 2.75) is 63.6 Å². The second kappa shape index (κ2) is 10.1. The van der Waals surface area contributed by atoms with E-state index < -0.39 is 0 Å². The van der Waals surface area contributed by atoms with Crippen LogP contribution in [0, 0.1) is 0 Å². The van der Waals surface area contributed by atoms with Gasteiger partial charge in [0.1, 0.15) is 24.7 Å². The molecule has 3 aliphatic rings. The zero-order valence-electron chi connectivity index (χ0n) is 19.1. The van der Waals surface area contributed by atoms with Crippen LogP contribution in [0.25, 0.3) is 5.57 Å². The van der Waals surface area contributed by atoms with Crippen molar-refractivity contribution >= 4 is 5.57 Å². The number of allylic oxidation sites excluding steroid dienone is 2. The Labute approximate surface area is 191 Å². The van der Waals surface area contributed by atoms with Gasteiger partial charge in [-0.15, -0.1) is 0 Å². The molecule has 0 saturated carbocycles. The van der Waals surface area contributed by atoms with Crippen LogP contribution in [0.3, 0.4) is 0 Å². The number of hydrogen-bond acceptors (Lipinski definition) is 4. The summed E-state index contributed by atoms with van der Waals surface area (Å²) in [6.07, 6.45) is 9.62. The normalized spacial score (nSPS) is 24.8. The minimum atomic E-state index is 0.273. The molecule has 4 heteroatoms. The molecule has 0 bridgehead atoms. The standard InChI is InChI=1S/C28H34O4/c1-2-20-17-25(32-19-27-14-16-30-27)11-12-28(20)23-5-3-21(4-6-23)22-7-9-24(10-8-22)31-18-26-13-15-29-26/h5,7-12,17,21,26-27H,2-4,6,13-16,18-19H2,1H3. The van der Waals surface area contributed by atoms with Crippen LogP contribution in [0.15, 0.2) is 48.5 Å². The monoisotopic (exact) mass is 434 g/mol. The highest BCUT2D eigenvalue weighted by atomic mass is 16.6. The lowest BCUT2D eigenvalue weighted by Crippen LogP contribution is -2.32. The van der Waals surface area contributed by atoms with E-state index in [1.807, 2.05) is 0 Å². The van der Waals surface area contributed by atoms with Gasteiger partial charge in [-0.2, -0.15) is 0 Å². The summed E-state index contributed by atoms with van der Waals surface area (Å²) in [5.41, 5.74) is 5.65. The molecule has 0 radical (unpaired) electrons. The molecular formula is C28H34O4. The molecule has 2 aliphatic heterocycles. The average molecular weight is 435 g/mol. The van der Waals surface area contributed by atoms with E-state index in [0.29, 0.717) is 19.1 Å². The van der Waals surface area contributed by atoms with Crippen molar-refractivity contribution in [1.29, 1.82) is 0 Å². The number of benzene rings is 2. The molecule has 2 saturated heterocycles. The maximum Gasteiger partial charge on any atom is 0.119 e. The third-order valence-corrected chi connectivity index (χ3v) is 7.02. The highest BCUT2D eigenvalue weighted by Gasteiger charge is 2.21. The predicted octanol–water partition coefficient (Wildman–Crippen LogP) is 5.94. The molecule has 0 aromatic heterocycles. The topological polar surface area (TPSA) is 36.9 Å². The van der Waals surface area contributed by atoms with Gasteiger partial charge in [-0.3, -0.25) is 0 Å². The molecule has 0 spiro atoms. The quantitative estimate of drug-likeness (QED) is 0.490. The van der Waals surface area contributed by atoms with Gasteiger partial charge in [0, 0.05) is 26.1 Å². The Bertz CT molecular complexity index is 925. The molecule has 170 valence electrons. The van der Waals surface area contributed by atoms with Crippen LogP contribution >= 0.6 is 0 Å². The highest BCUT2D eigenvalue weighted by Crippen LogP contribution is 2.38. The van der Waals surface area contributed by atoms with Crippen molar-refractivity contribution in [1.82, 2.24) is 0 Å². The fourth-order valence-corrected chi connectivity index (χ4v) is 4.69. The van der Waals surface area contributed by atoms with E-state index in [0.717, 1.165) is 56.8 Å². The Balaban J connectivity index is 1.19. The van der Waals surface area contributed by atoms with Gasteiger partial charge in [-0.05, 0) is 78.1 Å². The molecule has 2 heterocycles. The van der Waals surface area contributed by atoms with Gasteiger partial charge in [-0.1, -0.05) is 31.2 Å². The van der Waals surface area contributed by atoms with Crippen molar-refractivity contribution < 1.29 is 18.9 Å². The van der Waals surface area contributed by atoms with E-state index >= 15 is 0 Å². The number of rotatable bonds is 9. The van der Waals surface area contributed by atoms with Crippen molar-refractivity contribution in [3.05, 3.63) is 65.2 Å². The number of hydrogen-bond donors (Lipinski definition) is 0. The van der Waals surface area contributed by atoms with Crippen molar-refractivity contribution in [2.24, 2.45) is 0 Å². The molecule has 0 amide bonds. The van der Waals surface area contributed by atoms with Gasteiger partial charge in [0.05, 0.1) is 12.2 Å². The number of ether oxygens (including phenoxy) is 4.